The third-order valence-corrected chi connectivity index (χ3v) is 4.33. The van der Waals surface area contributed by atoms with Crippen LogP contribution in [0.4, 0.5) is 0 Å². The Labute approximate surface area is 132 Å². The summed E-state index contributed by atoms with van der Waals surface area (Å²) in [4.78, 5) is 40.5. The average Bonchev–Trinajstić information content (AvgIpc) is 2.97. The van der Waals surface area contributed by atoms with Crippen LogP contribution in [0.5, 0.6) is 0 Å². The van der Waals surface area contributed by atoms with E-state index in [1.165, 1.54) is 10.6 Å². The number of carbonyl (C=O) groups is 2. The highest BCUT2D eigenvalue weighted by Crippen LogP contribution is 2.30. The number of fused-ring (bicyclic) bond motifs is 1. The van der Waals surface area contributed by atoms with Crippen molar-refractivity contribution in [2.45, 2.75) is 38.1 Å². The van der Waals surface area contributed by atoms with Crippen molar-refractivity contribution in [3.8, 4) is 0 Å². The number of pyridine rings is 1. The van der Waals surface area contributed by atoms with E-state index in [-0.39, 0.29) is 5.56 Å². The van der Waals surface area contributed by atoms with Crippen LogP contribution < -0.4 is 10.9 Å². The quantitative estimate of drug-likeness (QED) is 0.884. The molecule has 23 heavy (non-hydrogen) atoms. The van der Waals surface area contributed by atoms with Crippen LogP contribution in [0.2, 0.25) is 0 Å². The molecular formula is C16H17N3O4. The second-order valence-electron chi connectivity index (χ2n) is 5.96. The van der Waals surface area contributed by atoms with Gasteiger partial charge >= 0.3 is 5.97 Å². The Balaban J connectivity index is 1.98. The fourth-order valence-electron chi connectivity index (χ4n) is 2.99. The number of hydrogen-bond acceptors (Lipinski definition) is 4. The van der Waals surface area contributed by atoms with Gasteiger partial charge in [0.15, 0.2) is 0 Å². The highest BCUT2D eigenvalue weighted by atomic mass is 16.4. The zero-order chi connectivity index (χ0) is 16.6. The first-order chi connectivity index (χ1) is 10.9. The predicted molar refractivity (Wildman–Crippen MR) is 82.5 cm³/mol. The van der Waals surface area contributed by atoms with Gasteiger partial charge in [-0.25, -0.2) is 9.78 Å². The fourth-order valence-corrected chi connectivity index (χ4v) is 2.99. The molecule has 1 fully saturated rings. The lowest BCUT2D eigenvalue weighted by molar-refractivity contribution is -0.144. The van der Waals surface area contributed by atoms with Crippen LogP contribution in [0.1, 0.15) is 41.6 Å². The molecule has 0 atom stereocenters. The molecule has 1 aliphatic carbocycles. The smallest absolute Gasteiger partial charge is 0.329 e. The molecule has 3 rings (SSSR count). The summed E-state index contributed by atoms with van der Waals surface area (Å²) in [6, 6.07) is 3.48. The van der Waals surface area contributed by atoms with Crippen LogP contribution >= 0.6 is 0 Å². The monoisotopic (exact) mass is 315 g/mol. The molecular weight excluding hydrogens is 298 g/mol. The van der Waals surface area contributed by atoms with Gasteiger partial charge in [-0.2, -0.15) is 0 Å². The summed E-state index contributed by atoms with van der Waals surface area (Å²) in [6.07, 6.45) is 4.98. The molecule has 2 aromatic heterocycles. The Kier molecular flexibility index (Phi) is 3.63. The Morgan fingerprint density at radius 2 is 2.04 bits per heavy atom. The molecule has 1 saturated carbocycles. The normalized spacial score (nSPS) is 16.4. The minimum Gasteiger partial charge on any atom is -0.480 e. The van der Waals surface area contributed by atoms with Crippen LogP contribution in [0, 0.1) is 6.92 Å². The van der Waals surface area contributed by atoms with Crippen molar-refractivity contribution >= 4 is 17.5 Å². The number of nitrogens with zero attached hydrogens (tertiary/aromatic N) is 2. The highest BCUT2D eigenvalue weighted by Gasteiger charge is 2.43. The van der Waals surface area contributed by atoms with Gasteiger partial charge in [0.1, 0.15) is 16.7 Å². The van der Waals surface area contributed by atoms with Crippen molar-refractivity contribution < 1.29 is 14.7 Å². The molecule has 0 radical (unpaired) electrons. The summed E-state index contributed by atoms with van der Waals surface area (Å²) >= 11 is 0. The lowest BCUT2D eigenvalue weighted by Crippen LogP contribution is -2.53. The largest absolute Gasteiger partial charge is 0.480 e. The summed E-state index contributed by atoms with van der Waals surface area (Å²) < 4.78 is 1.28. The summed E-state index contributed by atoms with van der Waals surface area (Å²) in [6.45, 7) is 1.88. The van der Waals surface area contributed by atoms with Gasteiger partial charge in [0.25, 0.3) is 11.5 Å². The molecule has 2 aromatic rings. The summed E-state index contributed by atoms with van der Waals surface area (Å²) in [5, 5.41) is 12.0. The number of carbonyl (C=O) groups excluding carboxylic acids is 1. The summed E-state index contributed by atoms with van der Waals surface area (Å²) in [7, 11) is 0. The maximum absolute atomic E-state index is 12.4. The van der Waals surface area contributed by atoms with Crippen LogP contribution in [-0.2, 0) is 4.79 Å². The standard InChI is InChI=1S/C16H17N3O4/c1-10-4-7-19-12(8-10)17-9-11(14(19)21)13(20)18-16(15(22)23)5-2-3-6-16/h4,7-9H,2-3,5-6H2,1H3,(H,18,20)(H,22,23). The van der Waals surface area contributed by atoms with E-state index in [1.54, 1.807) is 18.3 Å². The molecule has 0 spiro atoms. The molecule has 0 aromatic carbocycles. The highest BCUT2D eigenvalue weighted by molar-refractivity contribution is 5.97. The zero-order valence-electron chi connectivity index (χ0n) is 12.7. The lowest BCUT2D eigenvalue weighted by Gasteiger charge is -2.25. The molecule has 0 saturated heterocycles. The fraction of sp³-hybridized carbons (Fsp3) is 0.375. The Morgan fingerprint density at radius 1 is 1.35 bits per heavy atom. The molecule has 0 aliphatic heterocycles. The zero-order valence-corrected chi connectivity index (χ0v) is 12.7. The average molecular weight is 315 g/mol. The lowest BCUT2D eigenvalue weighted by atomic mass is 9.97. The molecule has 1 amide bonds. The molecule has 7 nitrogen and oxygen atoms in total. The number of nitrogens with one attached hydrogen (secondary N) is 1. The van der Waals surface area contributed by atoms with E-state index in [0.29, 0.717) is 18.5 Å². The molecule has 1 aliphatic rings. The molecule has 2 N–H and O–H groups in total. The van der Waals surface area contributed by atoms with Crippen LogP contribution in [-0.4, -0.2) is 31.9 Å². The SMILES string of the molecule is Cc1ccn2c(=O)c(C(=O)NC3(C(=O)O)CCCC3)cnc2c1. The van der Waals surface area contributed by atoms with Gasteiger partial charge in [-0.3, -0.25) is 14.0 Å². The van der Waals surface area contributed by atoms with E-state index >= 15 is 0 Å². The number of carboxylic acid groups (broad SMARTS) is 1. The van der Waals surface area contributed by atoms with Crippen LogP contribution in [0.25, 0.3) is 5.65 Å². The molecule has 0 bridgehead atoms. The predicted octanol–water partition coefficient (Wildman–Crippen LogP) is 1.13. The number of carboxylic acids is 1. The van der Waals surface area contributed by atoms with Crippen molar-refractivity contribution in [1.82, 2.24) is 14.7 Å². The molecule has 7 heteroatoms. The van der Waals surface area contributed by atoms with Gasteiger partial charge in [-0.1, -0.05) is 12.8 Å². The third-order valence-electron chi connectivity index (χ3n) is 4.33. The van der Waals surface area contributed by atoms with E-state index < -0.39 is 23.0 Å². The Morgan fingerprint density at radius 3 is 2.70 bits per heavy atom. The number of aromatic nitrogens is 2. The molecule has 0 unspecified atom stereocenters. The number of hydrogen-bond donors (Lipinski definition) is 2. The van der Waals surface area contributed by atoms with Gasteiger partial charge in [0.05, 0.1) is 0 Å². The number of rotatable bonds is 3. The Hall–Kier alpha value is -2.70. The second kappa shape index (κ2) is 5.49. The maximum Gasteiger partial charge on any atom is 0.329 e. The van der Waals surface area contributed by atoms with E-state index in [0.717, 1.165) is 18.4 Å². The maximum atomic E-state index is 12.4. The van der Waals surface area contributed by atoms with E-state index in [4.69, 9.17) is 0 Å². The topological polar surface area (TPSA) is 101 Å². The Bertz CT molecular complexity index is 850. The van der Waals surface area contributed by atoms with E-state index in [9.17, 15) is 19.5 Å². The van der Waals surface area contributed by atoms with Crippen LogP contribution in [0.3, 0.4) is 0 Å². The molecule has 120 valence electrons. The van der Waals surface area contributed by atoms with Gasteiger partial charge in [0, 0.05) is 12.4 Å². The van der Waals surface area contributed by atoms with Gasteiger partial charge in [-0.05, 0) is 37.5 Å². The van der Waals surface area contributed by atoms with E-state index in [2.05, 4.69) is 10.3 Å². The van der Waals surface area contributed by atoms with Crippen molar-refractivity contribution in [1.29, 1.82) is 0 Å². The number of aliphatic carboxylic acids is 1. The summed E-state index contributed by atoms with van der Waals surface area (Å²) in [5.41, 5.74) is -0.550. The van der Waals surface area contributed by atoms with Gasteiger partial charge in [-0.15, -0.1) is 0 Å². The summed E-state index contributed by atoms with van der Waals surface area (Å²) in [5.74, 6) is -1.75. The molecule has 2 heterocycles. The third kappa shape index (κ3) is 2.58. The van der Waals surface area contributed by atoms with Gasteiger partial charge in [0.2, 0.25) is 0 Å². The van der Waals surface area contributed by atoms with Gasteiger partial charge < -0.3 is 10.4 Å². The van der Waals surface area contributed by atoms with Crippen LogP contribution in [0.15, 0.2) is 29.3 Å². The first-order valence-electron chi connectivity index (χ1n) is 7.47. The number of amides is 1. The van der Waals surface area contributed by atoms with Crippen molar-refractivity contribution in [3.05, 3.63) is 46.0 Å². The van der Waals surface area contributed by atoms with Crippen molar-refractivity contribution in [2.24, 2.45) is 0 Å². The number of aryl methyl sites for hydroxylation is 1. The van der Waals surface area contributed by atoms with Crippen molar-refractivity contribution in [2.75, 3.05) is 0 Å². The van der Waals surface area contributed by atoms with E-state index in [1.807, 2.05) is 6.92 Å². The first kappa shape index (κ1) is 15.2. The minimum atomic E-state index is -1.28. The first-order valence-corrected chi connectivity index (χ1v) is 7.47. The van der Waals surface area contributed by atoms with Crippen molar-refractivity contribution in [3.63, 3.8) is 0 Å². The minimum absolute atomic E-state index is 0.154. The second-order valence-corrected chi connectivity index (χ2v) is 5.96.